The molecule has 2 aliphatic rings. The molecule has 0 aromatic heterocycles. The van der Waals surface area contributed by atoms with Gasteiger partial charge in [0, 0.05) is 13.0 Å². The van der Waals surface area contributed by atoms with Crippen LogP contribution in [0.4, 0.5) is 4.79 Å². The van der Waals surface area contributed by atoms with Gasteiger partial charge in [-0.15, -0.1) is 0 Å². The molecule has 2 rings (SSSR count). The highest BCUT2D eigenvalue weighted by atomic mass is 16.7. The molecule has 2 saturated heterocycles. The molecule has 27 heavy (non-hydrogen) atoms. The minimum absolute atomic E-state index is 0.128. The van der Waals surface area contributed by atoms with Crippen LogP contribution in [0.3, 0.4) is 0 Å². The summed E-state index contributed by atoms with van der Waals surface area (Å²) in [6.07, 6.45) is 2.32. The number of rotatable bonds is 4. The Hall–Kier alpha value is -1.26. The van der Waals surface area contributed by atoms with Gasteiger partial charge in [-0.3, -0.25) is 0 Å². The van der Waals surface area contributed by atoms with Crippen molar-refractivity contribution in [1.29, 1.82) is 5.26 Å². The molecule has 0 aromatic carbocycles. The van der Waals surface area contributed by atoms with Crippen LogP contribution in [0.1, 0.15) is 80.6 Å². The minimum Gasteiger partial charge on any atom is -0.465 e. The first-order valence-corrected chi connectivity index (χ1v) is 10.0. The molecule has 2 aliphatic heterocycles. The van der Waals surface area contributed by atoms with E-state index in [9.17, 15) is 9.90 Å². The van der Waals surface area contributed by atoms with Gasteiger partial charge in [-0.25, -0.2) is 4.79 Å². The lowest BCUT2D eigenvalue weighted by Gasteiger charge is -2.56. The van der Waals surface area contributed by atoms with Crippen molar-refractivity contribution >= 4 is 13.2 Å². The van der Waals surface area contributed by atoms with Gasteiger partial charge in [0.2, 0.25) is 0 Å². The molecule has 2 fully saturated rings. The molecular weight excluding hydrogens is 343 g/mol. The molecule has 7 heteroatoms. The number of nitriles is 1. The first-order chi connectivity index (χ1) is 12.3. The van der Waals surface area contributed by atoms with Gasteiger partial charge in [0.05, 0.1) is 22.8 Å². The summed E-state index contributed by atoms with van der Waals surface area (Å²) in [7, 11) is -0.330. The zero-order chi connectivity index (χ0) is 20.7. The van der Waals surface area contributed by atoms with Crippen molar-refractivity contribution < 1.29 is 19.2 Å². The first-order valence-electron chi connectivity index (χ1n) is 10.0. The van der Waals surface area contributed by atoms with Crippen LogP contribution in [0.25, 0.3) is 0 Å². The van der Waals surface area contributed by atoms with Gasteiger partial charge in [0.1, 0.15) is 0 Å². The summed E-state index contributed by atoms with van der Waals surface area (Å²) in [5, 5.41) is 18.9. The van der Waals surface area contributed by atoms with Gasteiger partial charge in [-0.2, -0.15) is 5.26 Å². The standard InChI is InChI=1S/C20H35BN2O4/c1-17(2,3)20(11-8-9-12-22)14-15(10-13-23(20)16(24)25)21-26-18(4,5)19(6,7)27-21/h15H,8-11,13-14H2,1-7H3,(H,24,25). The molecule has 1 N–H and O–H groups in total. The average molecular weight is 378 g/mol. The quantitative estimate of drug-likeness (QED) is 0.566. The van der Waals surface area contributed by atoms with Crippen LogP contribution in [0.5, 0.6) is 0 Å². The maximum absolute atomic E-state index is 12.1. The number of piperidine rings is 1. The van der Waals surface area contributed by atoms with E-state index >= 15 is 0 Å². The Bertz CT molecular complexity index is 592. The predicted molar refractivity (Wildman–Crippen MR) is 105 cm³/mol. The highest BCUT2D eigenvalue weighted by Gasteiger charge is 2.59. The van der Waals surface area contributed by atoms with Crippen molar-refractivity contribution in [3.63, 3.8) is 0 Å². The smallest absolute Gasteiger partial charge is 0.461 e. The van der Waals surface area contributed by atoms with Crippen molar-refractivity contribution in [2.45, 2.75) is 103 Å². The van der Waals surface area contributed by atoms with Crippen LogP contribution in [-0.4, -0.2) is 46.5 Å². The van der Waals surface area contributed by atoms with Crippen molar-refractivity contribution in [2.24, 2.45) is 5.41 Å². The maximum atomic E-state index is 12.1. The fourth-order valence-electron chi connectivity index (χ4n) is 4.53. The fraction of sp³-hybridized carbons (Fsp3) is 0.900. The Balaban J connectivity index is 2.33. The van der Waals surface area contributed by atoms with Crippen LogP contribution in [0, 0.1) is 16.7 Å². The molecule has 0 radical (unpaired) electrons. The highest BCUT2D eigenvalue weighted by Crippen LogP contribution is 2.52. The van der Waals surface area contributed by atoms with Crippen molar-refractivity contribution in [3.8, 4) is 6.07 Å². The van der Waals surface area contributed by atoms with E-state index in [4.69, 9.17) is 14.6 Å². The van der Waals surface area contributed by atoms with E-state index in [1.807, 2.05) is 27.7 Å². The Labute approximate surface area is 164 Å². The molecule has 0 spiro atoms. The van der Waals surface area contributed by atoms with Gasteiger partial charge in [0.25, 0.3) is 0 Å². The lowest BCUT2D eigenvalue weighted by Crippen LogP contribution is -2.63. The Morgan fingerprint density at radius 3 is 2.26 bits per heavy atom. The van der Waals surface area contributed by atoms with Gasteiger partial charge < -0.3 is 19.3 Å². The average Bonchev–Trinajstić information content (AvgIpc) is 2.74. The van der Waals surface area contributed by atoms with Gasteiger partial charge in [-0.1, -0.05) is 20.8 Å². The number of hydrogen-bond donors (Lipinski definition) is 1. The van der Waals surface area contributed by atoms with Gasteiger partial charge >= 0.3 is 13.2 Å². The lowest BCUT2D eigenvalue weighted by atomic mass is 9.55. The zero-order valence-electron chi connectivity index (χ0n) is 18.0. The monoisotopic (exact) mass is 378 g/mol. The van der Waals surface area contributed by atoms with E-state index in [0.717, 1.165) is 6.42 Å². The third kappa shape index (κ3) is 3.98. The zero-order valence-corrected chi connectivity index (χ0v) is 18.0. The summed E-state index contributed by atoms with van der Waals surface area (Å²) in [6.45, 7) is 14.9. The van der Waals surface area contributed by atoms with Crippen LogP contribution < -0.4 is 0 Å². The summed E-state index contributed by atoms with van der Waals surface area (Å²) < 4.78 is 12.6. The third-order valence-electron chi connectivity index (χ3n) is 7.00. The molecule has 2 heterocycles. The molecule has 6 nitrogen and oxygen atoms in total. The number of nitrogens with zero attached hydrogens (tertiary/aromatic N) is 2. The highest BCUT2D eigenvalue weighted by molar-refractivity contribution is 6.47. The van der Waals surface area contributed by atoms with Crippen molar-refractivity contribution in [3.05, 3.63) is 0 Å². The SMILES string of the molecule is CC(C)(C)C1(CCCC#N)CC(B2OC(C)(C)C(C)(C)O2)CCN1C(=O)O. The van der Waals surface area contributed by atoms with Crippen LogP contribution in [0.2, 0.25) is 5.82 Å². The summed E-state index contributed by atoms with van der Waals surface area (Å²) >= 11 is 0. The Morgan fingerprint density at radius 1 is 1.26 bits per heavy atom. The van der Waals surface area contributed by atoms with E-state index in [-0.39, 0.29) is 18.4 Å². The molecule has 0 aliphatic carbocycles. The number of amides is 1. The van der Waals surface area contributed by atoms with Crippen LogP contribution >= 0.6 is 0 Å². The molecule has 0 saturated carbocycles. The van der Waals surface area contributed by atoms with Gasteiger partial charge in [0.15, 0.2) is 0 Å². The van der Waals surface area contributed by atoms with E-state index in [0.29, 0.717) is 32.2 Å². The normalized spacial score (nSPS) is 30.2. The molecule has 152 valence electrons. The maximum Gasteiger partial charge on any atom is 0.461 e. The largest absolute Gasteiger partial charge is 0.465 e. The number of carbonyl (C=O) groups is 1. The number of unbranched alkanes of at least 4 members (excludes halogenated alkanes) is 1. The molecule has 2 atom stereocenters. The van der Waals surface area contributed by atoms with Gasteiger partial charge in [-0.05, 0) is 64.6 Å². The predicted octanol–water partition coefficient (Wildman–Crippen LogP) is 4.70. The topological polar surface area (TPSA) is 82.8 Å². The lowest BCUT2D eigenvalue weighted by molar-refractivity contribution is -0.0347. The van der Waals surface area contributed by atoms with Crippen molar-refractivity contribution in [1.82, 2.24) is 4.90 Å². The number of hydrogen-bond acceptors (Lipinski definition) is 4. The molecule has 2 unspecified atom stereocenters. The van der Waals surface area contributed by atoms with E-state index < -0.39 is 22.8 Å². The van der Waals surface area contributed by atoms with Crippen LogP contribution in [-0.2, 0) is 9.31 Å². The van der Waals surface area contributed by atoms with E-state index in [1.54, 1.807) is 4.90 Å². The first kappa shape index (κ1) is 22.0. The van der Waals surface area contributed by atoms with E-state index in [2.05, 4.69) is 26.8 Å². The number of likely N-dealkylation sites (tertiary alicyclic amines) is 1. The minimum atomic E-state index is -0.880. The second-order valence-corrected chi connectivity index (χ2v) is 10.1. The summed E-state index contributed by atoms with van der Waals surface area (Å²) in [6, 6.07) is 2.19. The summed E-state index contributed by atoms with van der Waals surface area (Å²) in [5.41, 5.74) is -1.59. The second kappa shape index (κ2) is 7.29. The summed E-state index contributed by atoms with van der Waals surface area (Å²) in [4.78, 5) is 13.7. The number of carboxylic acid groups (broad SMARTS) is 1. The molecular formula is C20H35BN2O4. The molecule has 1 amide bonds. The van der Waals surface area contributed by atoms with Crippen LogP contribution in [0.15, 0.2) is 0 Å². The Kier molecular flexibility index (Phi) is 5.95. The third-order valence-corrected chi connectivity index (χ3v) is 7.00. The Morgan fingerprint density at radius 2 is 1.81 bits per heavy atom. The second-order valence-electron chi connectivity index (χ2n) is 10.1. The summed E-state index contributed by atoms with van der Waals surface area (Å²) in [5.74, 6) is 0.128. The van der Waals surface area contributed by atoms with Crippen molar-refractivity contribution in [2.75, 3.05) is 6.54 Å². The molecule has 0 bridgehead atoms. The van der Waals surface area contributed by atoms with E-state index in [1.165, 1.54) is 0 Å². The fourth-order valence-corrected chi connectivity index (χ4v) is 4.53. The molecule has 0 aromatic rings.